The number of methoxy groups -OCH3 is 1. The Kier molecular flexibility index (Phi) is 5.16. The number of nitrogen functional groups attached to an aromatic ring is 1. The molecule has 0 saturated carbocycles. The molecule has 2 rings (SSSR count). The van der Waals surface area contributed by atoms with Crippen LogP contribution in [0.25, 0.3) is 0 Å². The molecule has 0 unspecified atom stereocenters. The molecule has 0 aliphatic heterocycles. The monoisotopic (exact) mass is 291 g/mol. The van der Waals surface area contributed by atoms with Crippen LogP contribution in [-0.2, 0) is 11.3 Å². The summed E-state index contributed by atoms with van der Waals surface area (Å²) in [5, 5.41) is 6.34. The Morgan fingerprint density at radius 1 is 1.43 bits per heavy atom. The SMILES string of the molecule is COCc1cc(C(=O)NCCOc2cccc(N)c2)no1. The van der Waals surface area contributed by atoms with E-state index in [1.165, 1.54) is 13.2 Å². The number of hydrogen-bond donors (Lipinski definition) is 2. The molecule has 0 fully saturated rings. The summed E-state index contributed by atoms with van der Waals surface area (Å²) in [4.78, 5) is 11.8. The average Bonchev–Trinajstić information content (AvgIpc) is 2.93. The van der Waals surface area contributed by atoms with Crippen molar-refractivity contribution >= 4 is 11.6 Å². The number of benzene rings is 1. The summed E-state index contributed by atoms with van der Waals surface area (Å²) >= 11 is 0. The van der Waals surface area contributed by atoms with Gasteiger partial charge < -0.3 is 25.0 Å². The maximum absolute atomic E-state index is 11.8. The minimum atomic E-state index is -0.322. The Bertz CT molecular complexity index is 597. The number of aromatic nitrogens is 1. The molecule has 2 aromatic rings. The quantitative estimate of drug-likeness (QED) is 0.587. The molecule has 7 heteroatoms. The highest BCUT2D eigenvalue weighted by atomic mass is 16.5. The van der Waals surface area contributed by atoms with Gasteiger partial charge in [-0.3, -0.25) is 4.79 Å². The fourth-order valence-corrected chi connectivity index (χ4v) is 1.66. The number of hydrogen-bond acceptors (Lipinski definition) is 6. The summed E-state index contributed by atoms with van der Waals surface area (Å²) in [7, 11) is 1.54. The maximum atomic E-state index is 11.8. The van der Waals surface area contributed by atoms with Crippen LogP contribution in [0.5, 0.6) is 5.75 Å². The number of carbonyl (C=O) groups is 1. The summed E-state index contributed by atoms with van der Waals surface area (Å²) in [5.41, 5.74) is 6.48. The number of anilines is 1. The number of carbonyl (C=O) groups excluding carboxylic acids is 1. The fourth-order valence-electron chi connectivity index (χ4n) is 1.66. The zero-order valence-electron chi connectivity index (χ0n) is 11.7. The normalized spacial score (nSPS) is 10.3. The summed E-state index contributed by atoms with van der Waals surface area (Å²) in [6, 6.07) is 8.63. The Hall–Kier alpha value is -2.54. The number of nitrogens with zero attached hydrogens (tertiary/aromatic N) is 1. The first-order chi connectivity index (χ1) is 10.2. The molecular formula is C14H17N3O4. The summed E-state index contributed by atoms with van der Waals surface area (Å²) in [6.07, 6.45) is 0. The first-order valence-electron chi connectivity index (χ1n) is 6.40. The molecule has 3 N–H and O–H groups in total. The van der Waals surface area contributed by atoms with Crippen molar-refractivity contribution in [3.63, 3.8) is 0 Å². The van der Waals surface area contributed by atoms with Gasteiger partial charge in [0.05, 0.1) is 6.54 Å². The Morgan fingerprint density at radius 3 is 3.05 bits per heavy atom. The lowest BCUT2D eigenvalue weighted by molar-refractivity contribution is 0.0937. The molecule has 7 nitrogen and oxygen atoms in total. The number of nitrogens with two attached hydrogens (primary N) is 1. The predicted molar refractivity (Wildman–Crippen MR) is 75.9 cm³/mol. The van der Waals surface area contributed by atoms with E-state index < -0.39 is 0 Å². The number of nitrogens with one attached hydrogen (secondary N) is 1. The van der Waals surface area contributed by atoms with Crippen LogP contribution in [0.4, 0.5) is 5.69 Å². The molecule has 0 saturated heterocycles. The first-order valence-corrected chi connectivity index (χ1v) is 6.40. The summed E-state index contributed by atoms with van der Waals surface area (Å²) in [6.45, 7) is 0.955. The summed E-state index contributed by atoms with van der Waals surface area (Å²) < 4.78 is 15.3. The topological polar surface area (TPSA) is 99.6 Å². The van der Waals surface area contributed by atoms with Crippen molar-refractivity contribution in [1.82, 2.24) is 10.5 Å². The second-order valence-electron chi connectivity index (χ2n) is 4.29. The van der Waals surface area contributed by atoms with Crippen LogP contribution in [0.15, 0.2) is 34.9 Å². The van der Waals surface area contributed by atoms with Crippen molar-refractivity contribution in [2.24, 2.45) is 0 Å². The van der Waals surface area contributed by atoms with E-state index in [9.17, 15) is 4.79 Å². The van der Waals surface area contributed by atoms with E-state index in [1.54, 1.807) is 24.3 Å². The van der Waals surface area contributed by atoms with Gasteiger partial charge in [0, 0.05) is 24.9 Å². The molecule has 0 aliphatic carbocycles. The second-order valence-corrected chi connectivity index (χ2v) is 4.29. The molecule has 112 valence electrons. The van der Waals surface area contributed by atoms with Gasteiger partial charge >= 0.3 is 0 Å². The van der Waals surface area contributed by atoms with Crippen LogP contribution in [0.3, 0.4) is 0 Å². The van der Waals surface area contributed by atoms with Crippen molar-refractivity contribution in [2.75, 3.05) is 26.0 Å². The average molecular weight is 291 g/mol. The smallest absolute Gasteiger partial charge is 0.273 e. The fraction of sp³-hybridized carbons (Fsp3) is 0.286. The van der Waals surface area contributed by atoms with Gasteiger partial charge in [-0.05, 0) is 12.1 Å². The van der Waals surface area contributed by atoms with Crippen LogP contribution < -0.4 is 15.8 Å². The van der Waals surface area contributed by atoms with Gasteiger partial charge in [0.15, 0.2) is 11.5 Å². The number of amides is 1. The van der Waals surface area contributed by atoms with Gasteiger partial charge in [0.2, 0.25) is 0 Å². The standard InChI is InChI=1S/C14H17N3O4/c1-19-9-12-8-13(17-21-12)14(18)16-5-6-20-11-4-2-3-10(15)7-11/h2-4,7-8H,5-6,9,15H2,1H3,(H,16,18). The number of ether oxygens (including phenoxy) is 2. The molecule has 0 spiro atoms. The molecular weight excluding hydrogens is 274 g/mol. The van der Waals surface area contributed by atoms with Gasteiger partial charge in [-0.15, -0.1) is 0 Å². The van der Waals surface area contributed by atoms with E-state index >= 15 is 0 Å². The van der Waals surface area contributed by atoms with Crippen molar-refractivity contribution in [3.8, 4) is 5.75 Å². The van der Waals surface area contributed by atoms with Crippen molar-refractivity contribution in [3.05, 3.63) is 41.8 Å². The van der Waals surface area contributed by atoms with E-state index in [0.29, 0.717) is 30.3 Å². The Morgan fingerprint density at radius 2 is 2.29 bits per heavy atom. The molecule has 21 heavy (non-hydrogen) atoms. The van der Waals surface area contributed by atoms with Gasteiger partial charge in [0.1, 0.15) is 19.0 Å². The highest BCUT2D eigenvalue weighted by Gasteiger charge is 2.11. The highest BCUT2D eigenvalue weighted by Crippen LogP contribution is 2.13. The third kappa shape index (κ3) is 4.50. The third-order valence-electron chi connectivity index (χ3n) is 2.59. The molecule has 0 bridgehead atoms. The minimum Gasteiger partial charge on any atom is -0.492 e. The Labute approximate surface area is 122 Å². The predicted octanol–water partition coefficient (Wildman–Crippen LogP) is 1.21. The maximum Gasteiger partial charge on any atom is 0.273 e. The summed E-state index contributed by atoms with van der Waals surface area (Å²) in [5.74, 6) is 0.837. The van der Waals surface area contributed by atoms with Crippen LogP contribution in [0.2, 0.25) is 0 Å². The van der Waals surface area contributed by atoms with Crippen molar-refractivity contribution in [1.29, 1.82) is 0 Å². The lowest BCUT2D eigenvalue weighted by Gasteiger charge is -2.07. The molecule has 0 aliphatic rings. The van der Waals surface area contributed by atoms with Crippen LogP contribution in [0, 0.1) is 0 Å². The van der Waals surface area contributed by atoms with E-state index in [-0.39, 0.29) is 18.2 Å². The lowest BCUT2D eigenvalue weighted by Crippen LogP contribution is -2.28. The molecule has 0 radical (unpaired) electrons. The zero-order valence-corrected chi connectivity index (χ0v) is 11.7. The van der Waals surface area contributed by atoms with E-state index in [2.05, 4.69) is 10.5 Å². The molecule has 0 atom stereocenters. The first kappa shape index (κ1) is 14.9. The van der Waals surface area contributed by atoms with Crippen LogP contribution in [0.1, 0.15) is 16.2 Å². The molecule has 1 aromatic heterocycles. The van der Waals surface area contributed by atoms with Gasteiger partial charge in [-0.1, -0.05) is 11.2 Å². The van der Waals surface area contributed by atoms with Gasteiger partial charge in [-0.25, -0.2) is 0 Å². The van der Waals surface area contributed by atoms with Crippen molar-refractivity contribution < 1.29 is 18.8 Å². The third-order valence-corrected chi connectivity index (χ3v) is 2.59. The second kappa shape index (κ2) is 7.30. The van der Waals surface area contributed by atoms with Crippen LogP contribution >= 0.6 is 0 Å². The van der Waals surface area contributed by atoms with Gasteiger partial charge in [-0.2, -0.15) is 0 Å². The van der Waals surface area contributed by atoms with E-state index in [4.69, 9.17) is 19.7 Å². The highest BCUT2D eigenvalue weighted by molar-refractivity contribution is 5.92. The zero-order chi connectivity index (χ0) is 15.1. The largest absolute Gasteiger partial charge is 0.492 e. The van der Waals surface area contributed by atoms with Gasteiger partial charge in [0.25, 0.3) is 5.91 Å². The molecule has 1 heterocycles. The molecule has 1 aromatic carbocycles. The minimum absolute atomic E-state index is 0.214. The Balaban J connectivity index is 1.73. The lowest BCUT2D eigenvalue weighted by atomic mass is 10.3. The van der Waals surface area contributed by atoms with E-state index in [1.807, 2.05) is 0 Å². The van der Waals surface area contributed by atoms with E-state index in [0.717, 1.165) is 0 Å². The van der Waals surface area contributed by atoms with Crippen molar-refractivity contribution in [2.45, 2.75) is 6.61 Å². The van der Waals surface area contributed by atoms with Crippen LogP contribution in [-0.4, -0.2) is 31.3 Å². The number of rotatable bonds is 7. The molecule has 1 amide bonds.